The summed E-state index contributed by atoms with van der Waals surface area (Å²) in [6.45, 7) is 4.40. The van der Waals surface area contributed by atoms with E-state index in [1.807, 2.05) is 19.2 Å². The smallest absolute Gasteiger partial charge is 0.125 e. The maximum Gasteiger partial charge on any atom is 0.125 e. The Morgan fingerprint density at radius 1 is 1.39 bits per heavy atom. The number of rotatable bonds is 4. The van der Waals surface area contributed by atoms with Crippen molar-refractivity contribution < 1.29 is 9.47 Å². The van der Waals surface area contributed by atoms with Gasteiger partial charge in [0.15, 0.2) is 0 Å². The summed E-state index contributed by atoms with van der Waals surface area (Å²) < 4.78 is 11.5. The summed E-state index contributed by atoms with van der Waals surface area (Å²) in [6.07, 6.45) is 3.08. The molecule has 1 unspecified atom stereocenters. The molecule has 0 radical (unpaired) electrons. The topological polar surface area (TPSA) is 30.5 Å². The highest BCUT2D eigenvalue weighted by Gasteiger charge is 2.37. The van der Waals surface area contributed by atoms with E-state index in [9.17, 15) is 0 Å². The quantitative estimate of drug-likeness (QED) is 0.888. The third-order valence-corrected chi connectivity index (χ3v) is 4.13. The Morgan fingerprint density at radius 2 is 2.11 bits per heavy atom. The highest BCUT2D eigenvalue weighted by molar-refractivity contribution is 5.44. The monoisotopic (exact) mass is 249 g/mol. The van der Waals surface area contributed by atoms with Gasteiger partial charge >= 0.3 is 0 Å². The van der Waals surface area contributed by atoms with Gasteiger partial charge in [-0.1, -0.05) is 13.8 Å². The van der Waals surface area contributed by atoms with E-state index in [0.29, 0.717) is 6.04 Å². The van der Waals surface area contributed by atoms with E-state index < -0.39 is 0 Å². The van der Waals surface area contributed by atoms with Crippen LogP contribution in [0.3, 0.4) is 0 Å². The van der Waals surface area contributed by atoms with Crippen LogP contribution in [-0.4, -0.2) is 19.8 Å². The van der Waals surface area contributed by atoms with E-state index in [4.69, 9.17) is 9.47 Å². The molecular formula is C15H23NO2. The summed E-state index contributed by atoms with van der Waals surface area (Å²) in [5.74, 6) is 1.88. The predicted molar refractivity (Wildman–Crippen MR) is 73.4 cm³/mol. The van der Waals surface area contributed by atoms with Gasteiger partial charge in [-0.05, 0) is 38.1 Å². The second kappa shape index (κ2) is 5.19. The SMILES string of the molecule is CCC1(CC)CC(NC)c2cc(OC)ccc2O1. The fourth-order valence-corrected chi connectivity index (χ4v) is 2.72. The molecule has 1 aromatic carbocycles. The van der Waals surface area contributed by atoms with Gasteiger partial charge in [0.25, 0.3) is 0 Å². The molecule has 0 bridgehead atoms. The number of methoxy groups -OCH3 is 1. The molecule has 3 heteroatoms. The molecule has 1 aliphatic rings. The van der Waals surface area contributed by atoms with Crippen molar-refractivity contribution in [1.82, 2.24) is 5.32 Å². The van der Waals surface area contributed by atoms with Crippen molar-refractivity contribution in [3.05, 3.63) is 23.8 Å². The molecule has 1 aliphatic heterocycles. The largest absolute Gasteiger partial charge is 0.497 e. The van der Waals surface area contributed by atoms with E-state index >= 15 is 0 Å². The minimum atomic E-state index is -0.0325. The van der Waals surface area contributed by atoms with Crippen LogP contribution in [0.5, 0.6) is 11.5 Å². The lowest BCUT2D eigenvalue weighted by molar-refractivity contribution is 0.0238. The fraction of sp³-hybridized carbons (Fsp3) is 0.600. The average molecular weight is 249 g/mol. The van der Waals surface area contributed by atoms with Crippen LogP contribution in [0.4, 0.5) is 0 Å². The molecule has 2 rings (SSSR count). The van der Waals surface area contributed by atoms with Crippen LogP contribution < -0.4 is 14.8 Å². The van der Waals surface area contributed by atoms with Gasteiger partial charge in [0, 0.05) is 18.0 Å². The Bertz CT molecular complexity index is 413. The van der Waals surface area contributed by atoms with Crippen LogP contribution in [0.15, 0.2) is 18.2 Å². The van der Waals surface area contributed by atoms with Crippen molar-refractivity contribution in [2.24, 2.45) is 0 Å². The molecule has 0 aliphatic carbocycles. The molecule has 0 fully saturated rings. The van der Waals surface area contributed by atoms with Crippen LogP contribution in [0, 0.1) is 0 Å². The normalized spacial score (nSPS) is 21.0. The summed E-state index contributed by atoms with van der Waals surface area (Å²) in [7, 11) is 3.71. The average Bonchev–Trinajstić information content (AvgIpc) is 2.45. The van der Waals surface area contributed by atoms with Crippen LogP contribution in [0.1, 0.15) is 44.7 Å². The van der Waals surface area contributed by atoms with E-state index in [1.54, 1.807) is 7.11 Å². The minimum absolute atomic E-state index is 0.0325. The third-order valence-electron chi connectivity index (χ3n) is 4.13. The molecule has 1 aromatic rings. The highest BCUT2D eigenvalue weighted by atomic mass is 16.5. The predicted octanol–water partition coefficient (Wildman–Crippen LogP) is 3.30. The highest BCUT2D eigenvalue weighted by Crippen LogP contribution is 2.43. The van der Waals surface area contributed by atoms with Gasteiger partial charge in [0.1, 0.15) is 17.1 Å². The molecular weight excluding hydrogens is 226 g/mol. The van der Waals surface area contributed by atoms with Crippen LogP contribution >= 0.6 is 0 Å². The third kappa shape index (κ3) is 2.19. The van der Waals surface area contributed by atoms with Crippen molar-refractivity contribution in [3.8, 4) is 11.5 Å². The van der Waals surface area contributed by atoms with Crippen molar-refractivity contribution in [3.63, 3.8) is 0 Å². The van der Waals surface area contributed by atoms with Crippen LogP contribution in [0.2, 0.25) is 0 Å². The van der Waals surface area contributed by atoms with Crippen LogP contribution in [0.25, 0.3) is 0 Å². The second-order valence-electron chi connectivity index (χ2n) is 4.94. The summed E-state index contributed by atoms with van der Waals surface area (Å²) in [5, 5.41) is 3.40. The molecule has 1 atom stereocenters. The molecule has 1 N–H and O–H groups in total. The van der Waals surface area contributed by atoms with Gasteiger partial charge in [-0.25, -0.2) is 0 Å². The molecule has 3 nitrogen and oxygen atoms in total. The first-order chi connectivity index (χ1) is 8.68. The Balaban J connectivity index is 2.41. The number of benzene rings is 1. The fourth-order valence-electron chi connectivity index (χ4n) is 2.72. The molecule has 0 amide bonds. The maximum absolute atomic E-state index is 6.25. The van der Waals surface area contributed by atoms with Gasteiger partial charge in [0.05, 0.1) is 7.11 Å². The van der Waals surface area contributed by atoms with Gasteiger partial charge in [-0.2, -0.15) is 0 Å². The number of nitrogens with one attached hydrogen (secondary N) is 1. The van der Waals surface area contributed by atoms with Crippen molar-refractivity contribution in [1.29, 1.82) is 0 Å². The van der Waals surface area contributed by atoms with Crippen molar-refractivity contribution in [2.45, 2.75) is 44.8 Å². The van der Waals surface area contributed by atoms with Crippen LogP contribution in [-0.2, 0) is 0 Å². The van der Waals surface area contributed by atoms with E-state index in [-0.39, 0.29) is 5.60 Å². The molecule has 18 heavy (non-hydrogen) atoms. The Labute approximate surface area is 109 Å². The second-order valence-corrected chi connectivity index (χ2v) is 4.94. The summed E-state index contributed by atoms with van der Waals surface area (Å²) >= 11 is 0. The molecule has 0 saturated heterocycles. The molecule has 1 heterocycles. The van der Waals surface area contributed by atoms with Gasteiger partial charge in [-0.3, -0.25) is 0 Å². The first kappa shape index (κ1) is 13.2. The zero-order valence-electron chi connectivity index (χ0n) is 11.7. The first-order valence-corrected chi connectivity index (χ1v) is 6.72. The van der Waals surface area contributed by atoms with Gasteiger partial charge in [0.2, 0.25) is 0 Å². The Morgan fingerprint density at radius 3 is 2.67 bits per heavy atom. The summed E-state index contributed by atoms with van der Waals surface area (Å²) in [4.78, 5) is 0. The summed E-state index contributed by atoms with van der Waals surface area (Å²) in [6, 6.07) is 6.40. The summed E-state index contributed by atoms with van der Waals surface area (Å²) in [5.41, 5.74) is 1.17. The zero-order chi connectivity index (χ0) is 13.2. The standard InChI is InChI=1S/C15H23NO2/c1-5-15(6-2)10-13(16-3)12-9-11(17-4)7-8-14(12)18-15/h7-9,13,16H,5-6,10H2,1-4H3. The molecule has 0 aromatic heterocycles. The maximum atomic E-state index is 6.25. The molecule has 0 saturated carbocycles. The Hall–Kier alpha value is -1.22. The Kier molecular flexibility index (Phi) is 3.81. The lowest BCUT2D eigenvalue weighted by Gasteiger charge is -2.41. The number of fused-ring (bicyclic) bond motifs is 1. The van der Waals surface area contributed by atoms with Crippen molar-refractivity contribution in [2.75, 3.05) is 14.2 Å². The van der Waals surface area contributed by atoms with Crippen molar-refractivity contribution >= 4 is 0 Å². The lowest BCUT2D eigenvalue weighted by atomic mass is 9.83. The number of hydrogen-bond donors (Lipinski definition) is 1. The first-order valence-electron chi connectivity index (χ1n) is 6.72. The van der Waals surface area contributed by atoms with Gasteiger partial charge in [-0.15, -0.1) is 0 Å². The zero-order valence-corrected chi connectivity index (χ0v) is 11.7. The minimum Gasteiger partial charge on any atom is -0.497 e. The van der Waals surface area contributed by atoms with E-state index in [0.717, 1.165) is 30.8 Å². The van der Waals surface area contributed by atoms with E-state index in [1.165, 1.54) is 5.56 Å². The van der Waals surface area contributed by atoms with Gasteiger partial charge < -0.3 is 14.8 Å². The molecule has 100 valence electrons. The number of hydrogen-bond acceptors (Lipinski definition) is 3. The van der Waals surface area contributed by atoms with E-state index in [2.05, 4.69) is 25.2 Å². The lowest BCUT2D eigenvalue weighted by Crippen LogP contribution is -2.42. The number of ether oxygens (including phenoxy) is 2. The molecule has 0 spiro atoms.